The van der Waals surface area contributed by atoms with E-state index in [1.165, 1.54) is 18.2 Å². The number of carbonyl (C=O) groups is 1. The molecular weight excluding hydrogens is 258 g/mol. The zero-order valence-corrected chi connectivity index (χ0v) is 10.5. The number of amides is 1. The number of halogens is 2. The number of anilines is 1. The molecule has 0 spiro atoms. The van der Waals surface area contributed by atoms with Gasteiger partial charge in [-0.3, -0.25) is 4.79 Å². The number of ether oxygens (including phenoxy) is 2. The molecule has 0 saturated heterocycles. The summed E-state index contributed by atoms with van der Waals surface area (Å²) in [5.41, 5.74) is 0.382. The summed E-state index contributed by atoms with van der Waals surface area (Å²) in [5.74, 6) is -0.591. The first-order chi connectivity index (χ1) is 8.91. The zero-order valence-electron chi connectivity index (χ0n) is 10.5. The van der Waals surface area contributed by atoms with Crippen LogP contribution in [0.25, 0.3) is 0 Å². The number of rotatable bonds is 4. The standard InChI is InChI=1S/C12H14F2N2O3/c1-7(6-15-2)11(17)16-8-3-4-9-10(5-8)19-12(13,14)18-9/h3-5,7,15H,6H2,1-2H3,(H,16,17). The predicted molar refractivity (Wildman–Crippen MR) is 64.4 cm³/mol. The highest BCUT2D eigenvalue weighted by atomic mass is 19.3. The molecule has 7 heteroatoms. The number of nitrogens with one attached hydrogen (secondary N) is 2. The Bertz CT molecular complexity index is 494. The first-order valence-electron chi connectivity index (χ1n) is 5.76. The molecule has 0 aliphatic carbocycles. The van der Waals surface area contributed by atoms with Crippen LogP contribution in [0, 0.1) is 5.92 Å². The summed E-state index contributed by atoms with van der Waals surface area (Å²) in [6.07, 6.45) is -3.65. The molecule has 0 bridgehead atoms. The number of fused-ring (bicyclic) bond motifs is 1. The molecule has 5 nitrogen and oxygen atoms in total. The fourth-order valence-electron chi connectivity index (χ4n) is 1.69. The first-order valence-corrected chi connectivity index (χ1v) is 5.76. The molecule has 0 aromatic heterocycles. The molecule has 0 saturated carbocycles. The fraction of sp³-hybridized carbons (Fsp3) is 0.417. The van der Waals surface area contributed by atoms with E-state index in [2.05, 4.69) is 20.1 Å². The Balaban J connectivity index is 2.06. The molecule has 1 aromatic rings. The largest absolute Gasteiger partial charge is 0.586 e. The Morgan fingerprint density at radius 3 is 2.74 bits per heavy atom. The topological polar surface area (TPSA) is 59.6 Å². The Labute approximate surface area is 108 Å². The molecule has 2 rings (SSSR count). The minimum absolute atomic E-state index is 0.0497. The zero-order chi connectivity index (χ0) is 14.0. The van der Waals surface area contributed by atoms with E-state index >= 15 is 0 Å². The molecule has 104 valence electrons. The van der Waals surface area contributed by atoms with Crippen molar-refractivity contribution in [3.05, 3.63) is 18.2 Å². The van der Waals surface area contributed by atoms with Gasteiger partial charge in [-0.2, -0.15) is 0 Å². The SMILES string of the molecule is CNCC(C)C(=O)Nc1ccc2c(c1)OC(F)(F)O2. The minimum Gasteiger partial charge on any atom is -0.395 e. The van der Waals surface area contributed by atoms with E-state index in [0.717, 1.165) is 0 Å². The Hall–Kier alpha value is -1.89. The second kappa shape index (κ2) is 5.00. The first kappa shape index (κ1) is 13.5. The third-order valence-corrected chi connectivity index (χ3v) is 2.63. The second-order valence-corrected chi connectivity index (χ2v) is 4.28. The number of hydrogen-bond donors (Lipinski definition) is 2. The van der Waals surface area contributed by atoms with Crippen molar-refractivity contribution in [2.24, 2.45) is 5.92 Å². The van der Waals surface area contributed by atoms with Crippen molar-refractivity contribution < 1.29 is 23.0 Å². The van der Waals surface area contributed by atoms with Crippen molar-refractivity contribution in [2.75, 3.05) is 18.9 Å². The lowest BCUT2D eigenvalue weighted by molar-refractivity contribution is -0.286. The van der Waals surface area contributed by atoms with E-state index in [-0.39, 0.29) is 23.3 Å². The fourth-order valence-corrected chi connectivity index (χ4v) is 1.69. The second-order valence-electron chi connectivity index (χ2n) is 4.28. The van der Waals surface area contributed by atoms with Crippen LogP contribution in [0.5, 0.6) is 11.5 Å². The van der Waals surface area contributed by atoms with E-state index in [9.17, 15) is 13.6 Å². The van der Waals surface area contributed by atoms with Crippen LogP contribution in [0.2, 0.25) is 0 Å². The van der Waals surface area contributed by atoms with Crippen LogP contribution in [0.1, 0.15) is 6.92 Å². The van der Waals surface area contributed by atoms with Crippen molar-refractivity contribution in [1.29, 1.82) is 0 Å². The molecule has 1 unspecified atom stereocenters. The van der Waals surface area contributed by atoms with Crippen molar-refractivity contribution >= 4 is 11.6 Å². The van der Waals surface area contributed by atoms with Crippen LogP contribution < -0.4 is 20.1 Å². The third-order valence-electron chi connectivity index (χ3n) is 2.63. The van der Waals surface area contributed by atoms with Crippen LogP contribution in [0.15, 0.2) is 18.2 Å². The molecule has 2 N–H and O–H groups in total. The summed E-state index contributed by atoms with van der Waals surface area (Å²) >= 11 is 0. The normalized spacial score (nSPS) is 17.1. The average molecular weight is 272 g/mol. The van der Waals surface area contributed by atoms with E-state index in [1.807, 2.05) is 0 Å². The monoisotopic (exact) mass is 272 g/mol. The highest BCUT2D eigenvalue weighted by Gasteiger charge is 2.43. The van der Waals surface area contributed by atoms with Gasteiger partial charge in [-0.1, -0.05) is 6.92 Å². The average Bonchev–Trinajstić information content (AvgIpc) is 2.62. The molecule has 0 fully saturated rings. The van der Waals surface area contributed by atoms with Gasteiger partial charge in [-0.25, -0.2) is 0 Å². The summed E-state index contributed by atoms with van der Waals surface area (Å²) in [6.45, 7) is 2.28. The van der Waals surface area contributed by atoms with Gasteiger partial charge in [0.15, 0.2) is 11.5 Å². The molecule has 1 amide bonds. The molecule has 1 aromatic carbocycles. The lowest BCUT2D eigenvalue weighted by Gasteiger charge is -2.11. The summed E-state index contributed by atoms with van der Waals surface area (Å²) in [5, 5.41) is 5.51. The van der Waals surface area contributed by atoms with E-state index in [1.54, 1.807) is 14.0 Å². The van der Waals surface area contributed by atoms with Gasteiger partial charge < -0.3 is 20.1 Å². The lowest BCUT2D eigenvalue weighted by atomic mass is 10.1. The van der Waals surface area contributed by atoms with Crippen molar-refractivity contribution in [3.8, 4) is 11.5 Å². The van der Waals surface area contributed by atoms with Crippen molar-refractivity contribution in [2.45, 2.75) is 13.2 Å². The van der Waals surface area contributed by atoms with Crippen LogP contribution in [0.3, 0.4) is 0 Å². The molecule has 1 atom stereocenters. The predicted octanol–water partition coefficient (Wildman–Crippen LogP) is 1.80. The number of carbonyl (C=O) groups excluding carboxylic acids is 1. The number of benzene rings is 1. The van der Waals surface area contributed by atoms with Crippen LogP contribution in [-0.4, -0.2) is 25.8 Å². The highest BCUT2D eigenvalue weighted by molar-refractivity contribution is 5.92. The summed E-state index contributed by atoms with van der Waals surface area (Å²) in [7, 11) is 1.74. The number of hydrogen-bond acceptors (Lipinski definition) is 4. The maximum atomic E-state index is 12.8. The van der Waals surface area contributed by atoms with Gasteiger partial charge in [0.1, 0.15) is 0 Å². The Kier molecular flexibility index (Phi) is 3.57. The van der Waals surface area contributed by atoms with Gasteiger partial charge in [0, 0.05) is 24.2 Å². The minimum atomic E-state index is -3.65. The van der Waals surface area contributed by atoms with Gasteiger partial charge in [0.25, 0.3) is 0 Å². The van der Waals surface area contributed by atoms with Gasteiger partial charge in [0.05, 0.1) is 0 Å². The Morgan fingerprint density at radius 1 is 1.37 bits per heavy atom. The maximum absolute atomic E-state index is 12.8. The molecule has 1 aliphatic heterocycles. The van der Waals surface area contributed by atoms with Gasteiger partial charge in [-0.05, 0) is 19.2 Å². The summed E-state index contributed by atoms with van der Waals surface area (Å²) < 4.78 is 34.2. The van der Waals surface area contributed by atoms with Crippen LogP contribution in [0.4, 0.5) is 14.5 Å². The van der Waals surface area contributed by atoms with Crippen LogP contribution in [-0.2, 0) is 4.79 Å². The molecule has 0 radical (unpaired) electrons. The van der Waals surface area contributed by atoms with Crippen molar-refractivity contribution in [1.82, 2.24) is 5.32 Å². The summed E-state index contributed by atoms with van der Waals surface area (Å²) in [6, 6.07) is 4.11. The van der Waals surface area contributed by atoms with Gasteiger partial charge in [-0.15, -0.1) is 8.78 Å². The lowest BCUT2D eigenvalue weighted by Crippen LogP contribution is -2.28. The quantitative estimate of drug-likeness (QED) is 0.877. The highest BCUT2D eigenvalue weighted by Crippen LogP contribution is 2.42. The molecule has 1 heterocycles. The van der Waals surface area contributed by atoms with Crippen LogP contribution >= 0.6 is 0 Å². The third kappa shape index (κ3) is 3.11. The van der Waals surface area contributed by atoms with Crippen molar-refractivity contribution in [3.63, 3.8) is 0 Å². The van der Waals surface area contributed by atoms with E-state index in [0.29, 0.717) is 12.2 Å². The van der Waals surface area contributed by atoms with E-state index in [4.69, 9.17) is 0 Å². The summed E-state index contributed by atoms with van der Waals surface area (Å²) in [4.78, 5) is 11.8. The molecule has 1 aliphatic rings. The van der Waals surface area contributed by atoms with E-state index < -0.39 is 6.29 Å². The maximum Gasteiger partial charge on any atom is 0.586 e. The number of alkyl halides is 2. The van der Waals surface area contributed by atoms with Gasteiger partial charge >= 0.3 is 6.29 Å². The van der Waals surface area contributed by atoms with Gasteiger partial charge in [0.2, 0.25) is 5.91 Å². The Morgan fingerprint density at radius 2 is 2.05 bits per heavy atom. The molecular formula is C12H14F2N2O3. The molecule has 19 heavy (non-hydrogen) atoms. The smallest absolute Gasteiger partial charge is 0.395 e.